The summed E-state index contributed by atoms with van der Waals surface area (Å²) in [7, 11) is 2.11. The fourth-order valence-electron chi connectivity index (χ4n) is 5.07. The van der Waals surface area contributed by atoms with E-state index in [1.54, 1.807) is 17.0 Å². The number of likely N-dealkylation sites (N-methyl/N-ethyl adjacent to an activating group) is 1. The van der Waals surface area contributed by atoms with Crippen molar-refractivity contribution in [2.24, 2.45) is 5.73 Å². The van der Waals surface area contributed by atoms with Crippen molar-refractivity contribution in [3.63, 3.8) is 0 Å². The Labute approximate surface area is 228 Å². The SMILES string of the molecule is Cc1cc(OCc2cnc(C)nc2)cc(Oc2ccc(-n3cc([C@@H]4CCCN(C)C4)c(N)c3C(N)=O)cc2)c1. The largest absolute Gasteiger partial charge is 0.489 e. The summed E-state index contributed by atoms with van der Waals surface area (Å²) in [5.41, 5.74) is 16.7. The second-order valence-corrected chi connectivity index (χ2v) is 10.2. The molecule has 2 aromatic carbocycles. The third-order valence-electron chi connectivity index (χ3n) is 6.99. The van der Waals surface area contributed by atoms with Gasteiger partial charge in [0.15, 0.2) is 0 Å². The lowest BCUT2D eigenvalue weighted by atomic mass is 9.91. The van der Waals surface area contributed by atoms with Gasteiger partial charge < -0.3 is 30.4 Å². The lowest BCUT2D eigenvalue weighted by Gasteiger charge is -2.29. The maximum Gasteiger partial charge on any atom is 0.267 e. The van der Waals surface area contributed by atoms with Gasteiger partial charge in [-0.1, -0.05) is 0 Å². The van der Waals surface area contributed by atoms with Crippen molar-refractivity contribution < 1.29 is 14.3 Å². The Morgan fingerprint density at radius 1 is 1.05 bits per heavy atom. The Hall–Kier alpha value is -4.37. The number of likely N-dealkylation sites (tertiary alicyclic amines) is 1. The van der Waals surface area contributed by atoms with E-state index in [0.29, 0.717) is 35.2 Å². The molecular formula is C30H34N6O3. The number of carbonyl (C=O) groups is 1. The van der Waals surface area contributed by atoms with Gasteiger partial charge in [0.2, 0.25) is 0 Å². The van der Waals surface area contributed by atoms with E-state index in [1.165, 1.54) is 0 Å². The average Bonchev–Trinajstić information content (AvgIpc) is 3.26. The highest BCUT2D eigenvalue weighted by Crippen LogP contribution is 2.35. The molecule has 0 bridgehead atoms. The molecule has 1 aliphatic rings. The van der Waals surface area contributed by atoms with Crippen LogP contribution in [0.3, 0.4) is 0 Å². The van der Waals surface area contributed by atoms with Gasteiger partial charge in [0, 0.05) is 48.4 Å². The summed E-state index contributed by atoms with van der Waals surface area (Å²) in [6.45, 7) is 6.16. The van der Waals surface area contributed by atoms with Crippen LogP contribution in [-0.4, -0.2) is 45.5 Å². The number of hydrogen-bond acceptors (Lipinski definition) is 7. The number of nitrogens with zero attached hydrogens (tertiary/aromatic N) is 4. The third-order valence-corrected chi connectivity index (χ3v) is 6.99. The van der Waals surface area contributed by atoms with Gasteiger partial charge in [0.1, 0.15) is 35.4 Å². The molecule has 9 heteroatoms. The van der Waals surface area contributed by atoms with Crippen LogP contribution >= 0.6 is 0 Å². The summed E-state index contributed by atoms with van der Waals surface area (Å²) in [5.74, 6) is 2.44. The Kier molecular flexibility index (Phi) is 7.51. The molecule has 0 saturated carbocycles. The predicted molar refractivity (Wildman–Crippen MR) is 151 cm³/mol. The zero-order valence-corrected chi connectivity index (χ0v) is 22.6. The summed E-state index contributed by atoms with van der Waals surface area (Å²) >= 11 is 0. The van der Waals surface area contributed by atoms with E-state index in [0.717, 1.165) is 54.1 Å². The molecule has 1 aliphatic heterocycles. The third kappa shape index (κ3) is 6.04. The number of benzene rings is 2. The van der Waals surface area contributed by atoms with E-state index in [-0.39, 0.29) is 5.92 Å². The van der Waals surface area contributed by atoms with Gasteiger partial charge in [0.25, 0.3) is 5.91 Å². The highest BCUT2D eigenvalue weighted by molar-refractivity contribution is 5.98. The van der Waals surface area contributed by atoms with Crippen LogP contribution in [0.5, 0.6) is 17.2 Å². The average molecular weight is 527 g/mol. The first-order valence-corrected chi connectivity index (χ1v) is 13.1. The molecule has 202 valence electrons. The number of amides is 1. The number of aromatic nitrogens is 3. The summed E-state index contributed by atoms with van der Waals surface area (Å²) < 4.78 is 13.9. The van der Waals surface area contributed by atoms with Crippen LogP contribution in [0.1, 0.15) is 51.8 Å². The molecule has 0 spiro atoms. The topological polar surface area (TPSA) is 122 Å². The molecular weight excluding hydrogens is 492 g/mol. The minimum Gasteiger partial charge on any atom is -0.489 e. The zero-order chi connectivity index (χ0) is 27.5. The van der Waals surface area contributed by atoms with Gasteiger partial charge in [-0.05, 0) is 87.8 Å². The molecule has 0 aliphatic carbocycles. The Balaban J connectivity index is 1.33. The minimum atomic E-state index is -0.548. The molecule has 9 nitrogen and oxygen atoms in total. The smallest absolute Gasteiger partial charge is 0.267 e. The summed E-state index contributed by atoms with van der Waals surface area (Å²) in [6.07, 6.45) is 7.60. The molecule has 4 aromatic rings. The number of ether oxygens (including phenoxy) is 2. The Bertz CT molecular complexity index is 1460. The molecule has 39 heavy (non-hydrogen) atoms. The van der Waals surface area contributed by atoms with Crippen molar-refractivity contribution in [2.75, 3.05) is 25.9 Å². The molecule has 4 N–H and O–H groups in total. The zero-order valence-electron chi connectivity index (χ0n) is 22.6. The molecule has 0 radical (unpaired) electrons. The van der Waals surface area contributed by atoms with Crippen LogP contribution < -0.4 is 20.9 Å². The first-order chi connectivity index (χ1) is 18.8. The highest BCUT2D eigenvalue weighted by Gasteiger charge is 2.27. The number of nitrogens with two attached hydrogens (primary N) is 2. The normalized spacial score (nSPS) is 15.7. The molecule has 1 saturated heterocycles. The van der Waals surface area contributed by atoms with Crippen molar-refractivity contribution in [3.8, 4) is 22.9 Å². The van der Waals surface area contributed by atoms with Crippen molar-refractivity contribution >= 4 is 11.6 Å². The van der Waals surface area contributed by atoms with Gasteiger partial charge >= 0.3 is 0 Å². The van der Waals surface area contributed by atoms with Crippen molar-refractivity contribution in [3.05, 3.63) is 89.3 Å². The number of aryl methyl sites for hydroxylation is 2. The Morgan fingerprint density at radius 3 is 2.46 bits per heavy atom. The van der Waals surface area contributed by atoms with Crippen LogP contribution in [0.15, 0.2) is 61.1 Å². The monoisotopic (exact) mass is 526 g/mol. The van der Waals surface area contributed by atoms with Gasteiger partial charge in [-0.25, -0.2) is 9.97 Å². The second kappa shape index (κ2) is 11.2. The van der Waals surface area contributed by atoms with Crippen molar-refractivity contribution in [2.45, 2.75) is 39.2 Å². The summed E-state index contributed by atoms with van der Waals surface area (Å²) in [5, 5.41) is 0. The number of piperidine rings is 1. The number of carbonyl (C=O) groups excluding carboxylic acids is 1. The van der Waals surface area contributed by atoms with E-state index in [9.17, 15) is 4.79 Å². The number of rotatable bonds is 8. The van der Waals surface area contributed by atoms with Crippen LogP contribution in [0.4, 0.5) is 5.69 Å². The molecule has 1 amide bonds. The van der Waals surface area contributed by atoms with E-state index in [1.807, 2.05) is 62.5 Å². The quantitative estimate of drug-likeness (QED) is 0.340. The molecule has 5 rings (SSSR count). The predicted octanol–water partition coefficient (Wildman–Crippen LogP) is 4.75. The van der Waals surface area contributed by atoms with Crippen LogP contribution in [0.25, 0.3) is 5.69 Å². The summed E-state index contributed by atoms with van der Waals surface area (Å²) in [4.78, 5) is 23.1. The molecule has 3 heterocycles. The summed E-state index contributed by atoms with van der Waals surface area (Å²) in [6, 6.07) is 13.2. The highest BCUT2D eigenvalue weighted by atomic mass is 16.5. The molecule has 0 unspecified atom stereocenters. The van der Waals surface area contributed by atoms with Crippen molar-refractivity contribution in [1.82, 2.24) is 19.4 Å². The number of anilines is 1. The van der Waals surface area contributed by atoms with Gasteiger partial charge in [-0.15, -0.1) is 0 Å². The first-order valence-electron chi connectivity index (χ1n) is 13.1. The van der Waals surface area contributed by atoms with Gasteiger partial charge in [-0.3, -0.25) is 4.79 Å². The van der Waals surface area contributed by atoms with Gasteiger partial charge in [0.05, 0.1) is 5.69 Å². The van der Waals surface area contributed by atoms with Gasteiger partial charge in [-0.2, -0.15) is 0 Å². The molecule has 2 aromatic heterocycles. The number of hydrogen-bond donors (Lipinski definition) is 2. The lowest BCUT2D eigenvalue weighted by molar-refractivity contribution is 0.0994. The van der Waals surface area contributed by atoms with E-state index >= 15 is 0 Å². The number of nitrogen functional groups attached to an aromatic ring is 1. The van der Waals surface area contributed by atoms with E-state index in [2.05, 4.69) is 21.9 Å². The van der Waals surface area contributed by atoms with Crippen molar-refractivity contribution in [1.29, 1.82) is 0 Å². The number of primary amides is 1. The van der Waals surface area contributed by atoms with Crippen LogP contribution in [0, 0.1) is 13.8 Å². The second-order valence-electron chi connectivity index (χ2n) is 10.2. The fourth-order valence-corrected chi connectivity index (χ4v) is 5.07. The first kappa shape index (κ1) is 26.2. The minimum absolute atomic E-state index is 0.266. The molecule has 1 fully saturated rings. The fraction of sp³-hybridized carbons (Fsp3) is 0.300. The van der Waals surface area contributed by atoms with Crippen LogP contribution in [-0.2, 0) is 6.61 Å². The van der Waals surface area contributed by atoms with E-state index < -0.39 is 5.91 Å². The van der Waals surface area contributed by atoms with E-state index in [4.69, 9.17) is 20.9 Å². The lowest BCUT2D eigenvalue weighted by Crippen LogP contribution is -2.31. The molecule has 1 atom stereocenters. The maximum absolute atomic E-state index is 12.4. The standard InChI is InChI=1S/C30H34N6O3/c1-19-11-25(38-18-21-14-33-20(2)34-15-21)13-26(12-19)39-24-8-6-23(7-9-24)36-17-27(28(31)29(36)30(32)37)22-5-4-10-35(3)16-22/h6-9,11-15,17,22H,4-5,10,16,18,31H2,1-3H3,(H2,32,37)/t22-/m1/s1. The van der Waals surface area contributed by atoms with Crippen LogP contribution in [0.2, 0.25) is 0 Å². The Morgan fingerprint density at radius 2 is 1.77 bits per heavy atom. The maximum atomic E-state index is 12.4.